The van der Waals surface area contributed by atoms with Crippen molar-refractivity contribution in [2.24, 2.45) is 5.73 Å². The molecule has 0 aromatic rings. The molecule has 0 aromatic heterocycles. The summed E-state index contributed by atoms with van der Waals surface area (Å²) in [6.45, 7) is -2.08. The number of carboxylic acids is 1. The van der Waals surface area contributed by atoms with Crippen LogP contribution in [-0.4, -0.2) is 36.5 Å². The second-order valence-corrected chi connectivity index (χ2v) is 1.99. The Labute approximate surface area is 66.1 Å². The Morgan fingerprint density at radius 3 is 2.33 bits per heavy atom. The minimum absolute atomic E-state index is 0.481. The van der Waals surface area contributed by atoms with E-state index >= 15 is 0 Å². The quantitative estimate of drug-likeness (QED) is 0.648. The van der Waals surface area contributed by atoms with E-state index in [0.717, 1.165) is 0 Å². The standard InChI is InChI=1S/C5H8F3NO3/c6-5(7,8)2-12-3(1-9)4(10)11/h3H,1-2,9H2,(H,10,11). The van der Waals surface area contributed by atoms with E-state index in [2.05, 4.69) is 4.74 Å². The predicted molar refractivity (Wildman–Crippen MR) is 32.5 cm³/mol. The summed E-state index contributed by atoms with van der Waals surface area (Å²) in [6, 6.07) is 0. The van der Waals surface area contributed by atoms with Crippen molar-refractivity contribution in [2.45, 2.75) is 12.3 Å². The van der Waals surface area contributed by atoms with Gasteiger partial charge in [-0.1, -0.05) is 0 Å². The van der Waals surface area contributed by atoms with Gasteiger partial charge in [0.05, 0.1) is 0 Å². The Balaban J connectivity index is 3.81. The van der Waals surface area contributed by atoms with Crippen molar-refractivity contribution < 1.29 is 27.8 Å². The number of halogens is 3. The molecule has 0 aliphatic heterocycles. The van der Waals surface area contributed by atoms with Crippen molar-refractivity contribution in [1.82, 2.24) is 0 Å². The normalized spacial score (nSPS) is 14.3. The summed E-state index contributed by atoms with van der Waals surface area (Å²) in [4.78, 5) is 10.1. The van der Waals surface area contributed by atoms with Gasteiger partial charge in [0.25, 0.3) is 0 Å². The Bertz CT molecular complexity index is 159. The van der Waals surface area contributed by atoms with Gasteiger partial charge in [-0.25, -0.2) is 4.79 Å². The van der Waals surface area contributed by atoms with Gasteiger partial charge >= 0.3 is 12.1 Å². The second-order valence-electron chi connectivity index (χ2n) is 1.99. The first kappa shape index (κ1) is 11.2. The molecule has 4 nitrogen and oxygen atoms in total. The molecule has 0 bridgehead atoms. The van der Waals surface area contributed by atoms with Crippen LogP contribution in [0.5, 0.6) is 0 Å². The van der Waals surface area contributed by atoms with Gasteiger partial charge in [-0.2, -0.15) is 13.2 Å². The van der Waals surface area contributed by atoms with Crippen LogP contribution in [-0.2, 0) is 9.53 Å². The van der Waals surface area contributed by atoms with E-state index < -0.39 is 31.4 Å². The topological polar surface area (TPSA) is 72.5 Å². The lowest BCUT2D eigenvalue weighted by Gasteiger charge is -2.12. The lowest BCUT2D eigenvalue weighted by molar-refractivity contribution is -0.191. The third-order valence-corrected chi connectivity index (χ3v) is 0.938. The Morgan fingerprint density at radius 1 is 1.58 bits per heavy atom. The number of aliphatic carboxylic acids is 1. The molecule has 0 aliphatic rings. The second kappa shape index (κ2) is 4.27. The molecule has 0 aliphatic carbocycles. The summed E-state index contributed by atoms with van der Waals surface area (Å²) in [7, 11) is 0. The first-order valence-electron chi connectivity index (χ1n) is 2.98. The molecule has 7 heteroatoms. The highest BCUT2D eigenvalue weighted by molar-refractivity contribution is 5.72. The molecule has 3 N–H and O–H groups in total. The molecule has 0 fully saturated rings. The van der Waals surface area contributed by atoms with Crippen LogP contribution < -0.4 is 5.73 Å². The summed E-state index contributed by atoms with van der Waals surface area (Å²) in [6.07, 6.45) is -6.12. The summed E-state index contributed by atoms with van der Waals surface area (Å²) >= 11 is 0. The van der Waals surface area contributed by atoms with Crippen LogP contribution in [0, 0.1) is 0 Å². The Hall–Kier alpha value is -0.820. The Morgan fingerprint density at radius 2 is 2.08 bits per heavy atom. The number of carbonyl (C=O) groups is 1. The maximum Gasteiger partial charge on any atom is 0.411 e. The molecule has 0 spiro atoms. The van der Waals surface area contributed by atoms with Crippen LogP contribution in [0.25, 0.3) is 0 Å². The highest BCUT2D eigenvalue weighted by Gasteiger charge is 2.30. The van der Waals surface area contributed by atoms with E-state index in [9.17, 15) is 18.0 Å². The van der Waals surface area contributed by atoms with E-state index in [4.69, 9.17) is 10.8 Å². The summed E-state index contributed by atoms with van der Waals surface area (Å²) in [5.41, 5.74) is 4.83. The van der Waals surface area contributed by atoms with E-state index in [1.165, 1.54) is 0 Å². The monoisotopic (exact) mass is 187 g/mol. The molecule has 1 unspecified atom stereocenters. The smallest absolute Gasteiger partial charge is 0.411 e. The minimum atomic E-state index is -4.52. The van der Waals surface area contributed by atoms with Crippen molar-refractivity contribution in [2.75, 3.05) is 13.2 Å². The molecular formula is C5H8F3NO3. The fraction of sp³-hybridized carbons (Fsp3) is 0.800. The van der Waals surface area contributed by atoms with Crippen LogP contribution in [0.2, 0.25) is 0 Å². The van der Waals surface area contributed by atoms with Gasteiger partial charge in [-0.15, -0.1) is 0 Å². The molecule has 0 saturated carbocycles. The van der Waals surface area contributed by atoms with Gasteiger partial charge in [-0.05, 0) is 0 Å². The highest BCUT2D eigenvalue weighted by Crippen LogP contribution is 2.15. The van der Waals surface area contributed by atoms with Crippen molar-refractivity contribution in [3.05, 3.63) is 0 Å². The molecule has 0 rings (SSSR count). The summed E-state index contributed by atoms with van der Waals surface area (Å²) < 4.78 is 38.3. The van der Waals surface area contributed by atoms with Gasteiger partial charge in [0.2, 0.25) is 0 Å². The molecule has 1 atom stereocenters. The third-order valence-electron chi connectivity index (χ3n) is 0.938. The molecule has 0 radical (unpaired) electrons. The summed E-state index contributed by atoms with van der Waals surface area (Å²) in [5.74, 6) is -1.50. The average Bonchev–Trinajstić information content (AvgIpc) is 1.85. The lowest BCUT2D eigenvalue weighted by Crippen LogP contribution is -2.35. The number of alkyl halides is 3. The number of carboxylic acid groups (broad SMARTS) is 1. The number of nitrogens with two attached hydrogens (primary N) is 1. The van der Waals surface area contributed by atoms with Crippen LogP contribution in [0.4, 0.5) is 13.2 Å². The Kier molecular flexibility index (Phi) is 3.98. The first-order valence-corrected chi connectivity index (χ1v) is 2.98. The fourth-order valence-electron chi connectivity index (χ4n) is 0.435. The van der Waals surface area contributed by atoms with Gasteiger partial charge < -0.3 is 15.6 Å². The number of hydrogen-bond acceptors (Lipinski definition) is 3. The molecule has 0 aromatic carbocycles. The maximum absolute atomic E-state index is 11.5. The fourth-order valence-corrected chi connectivity index (χ4v) is 0.435. The zero-order valence-corrected chi connectivity index (χ0v) is 5.97. The lowest BCUT2D eigenvalue weighted by atomic mass is 10.4. The number of rotatable bonds is 4. The highest BCUT2D eigenvalue weighted by atomic mass is 19.4. The van der Waals surface area contributed by atoms with E-state index in [-0.39, 0.29) is 0 Å². The molecule has 12 heavy (non-hydrogen) atoms. The van der Waals surface area contributed by atoms with Gasteiger partial charge in [0.1, 0.15) is 6.61 Å². The van der Waals surface area contributed by atoms with Crippen LogP contribution >= 0.6 is 0 Å². The van der Waals surface area contributed by atoms with Crippen LogP contribution in [0.1, 0.15) is 0 Å². The van der Waals surface area contributed by atoms with E-state index in [1.807, 2.05) is 0 Å². The third kappa shape index (κ3) is 4.91. The molecule has 0 saturated heterocycles. The SMILES string of the molecule is NCC(OCC(F)(F)F)C(=O)O. The van der Waals surface area contributed by atoms with E-state index in [1.54, 1.807) is 0 Å². The predicted octanol–water partition coefficient (Wildman–Crippen LogP) is -0.0228. The number of ether oxygens (including phenoxy) is 1. The van der Waals surface area contributed by atoms with Crippen LogP contribution in [0.15, 0.2) is 0 Å². The van der Waals surface area contributed by atoms with Crippen LogP contribution in [0.3, 0.4) is 0 Å². The van der Waals surface area contributed by atoms with Gasteiger partial charge in [0, 0.05) is 6.54 Å². The summed E-state index contributed by atoms with van der Waals surface area (Å²) in [5, 5.41) is 8.20. The average molecular weight is 187 g/mol. The molecular weight excluding hydrogens is 179 g/mol. The van der Waals surface area contributed by atoms with Gasteiger partial charge in [0.15, 0.2) is 6.10 Å². The van der Waals surface area contributed by atoms with E-state index in [0.29, 0.717) is 0 Å². The van der Waals surface area contributed by atoms with Gasteiger partial charge in [-0.3, -0.25) is 0 Å². The van der Waals surface area contributed by atoms with Crippen molar-refractivity contribution in [3.63, 3.8) is 0 Å². The van der Waals surface area contributed by atoms with Crippen molar-refractivity contribution in [3.8, 4) is 0 Å². The molecule has 0 amide bonds. The van der Waals surface area contributed by atoms with Crippen molar-refractivity contribution in [1.29, 1.82) is 0 Å². The molecule has 72 valence electrons. The minimum Gasteiger partial charge on any atom is -0.479 e. The first-order chi connectivity index (χ1) is 5.37. The maximum atomic E-state index is 11.5. The molecule has 0 heterocycles. The van der Waals surface area contributed by atoms with Crippen molar-refractivity contribution >= 4 is 5.97 Å². The zero-order valence-electron chi connectivity index (χ0n) is 5.97. The largest absolute Gasteiger partial charge is 0.479 e. The number of hydrogen-bond donors (Lipinski definition) is 2. The zero-order chi connectivity index (χ0) is 9.78.